The number of carbonyl (C=O) groups is 1. The molecule has 3 rings (SSSR count). The van der Waals surface area contributed by atoms with E-state index in [1.165, 1.54) is 0 Å². The van der Waals surface area contributed by atoms with Crippen molar-refractivity contribution in [3.63, 3.8) is 0 Å². The Morgan fingerprint density at radius 3 is 2.59 bits per heavy atom. The van der Waals surface area contributed by atoms with Gasteiger partial charge in [0, 0.05) is 31.4 Å². The fourth-order valence-electron chi connectivity index (χ4n) is 3.57. The van der Waals surface area contributed by atoms with Crippen molar-refractivity contribution >= 4 is 35.9 Å². The molecule has 7 nitrogen and oxygen atoms in total. The van der Waals surface area contributed by atoms with E-state index in [9.17, 15) is 4.79 Å². The third-order valence-corrected chi connectivity index (χ3v) is 5.22. The highest BCUT2D eigenvalue weighted by atomic mass is 127. The van der Waals surface area contributed by atoms with E-state index >= 15 is 0 Å². The first-order valence-electron chi connectivity index (χ1n) is 11.0. The molecule has 0 atom stereocenters. The van der Waals surface area contributed by atoms with Gasteiger partial charge in [0.1, 0.15) is 6.61 Å². The molecule has 1 aliphatic rings. The minimum atomic E-state index is -0.0837. The van der Waals surface area contributed by atoms with E-state index in [0.717, 1.165) is 49.6 Å². The molecule has 8 heteroatoms. The largest absolute Gasteiger partial charge is 0.473 e. The third kappa shape index (κ3) is 7.65. The van der Waals surface area contributed by atoms with E-state index in [2.05, 4.69) is 22.1 Å². The van der Waals surface area contributed by atoms with Crippen molar-refractivity contribution in [2.24, 2.45) is 10.9 Å². The molecule has 1 saturated heterocycles. The number of benzene rings is 1. The van der Waals surface area contributed by atoms with Crippen LogP contribution in [0.3, 0.4) is 0 Å². The maximum absolute atomic E-state index is 12.0. The minimum Gasteiger partial charge on any atom is -0.473 e. The standard InChI is InChI=1S/C24H32N4O3.HI/c1-3-25-24(28-15-12-20(13-16-28)23(29)30-4-2)27-17-21-11-8-14-26-22(21)31-18-19-9-6-5-7-10-19;/h5-11,14,20H,3-4,12-13,15-18H2,1-2H3,(H,25,27);1H. The molecule has 0 spiro atoms. The van der Waals surface area contributed by atoms with E-state index in [0.29, 0.717) is 25.6 Å². The molecule has 1 aromatic heterocycles. The van der Waals surface area contributed by atoms with Gasteiger partial charge in [-0.15, -0.1) is 24.0 Å². The van der Waals surface area contributed by atoms with Gasteiger partial charge in [0.2, 0.25) is 5.88 Å². The van der Waals surface area contributed by atoms with Crippen LogP contribution in [0.4, 0.5) is 0 Å². The molecule has 1 fully saturated rings. The zero-order valence-corrected chi connectivity index (χ0v) is 21.2. The van der Waals surface area contributed by atoms with Crippen LogP contribution in [-0.4, -0.2) is 48.1 Å². The van der Waals surface area contributed by atoms with Crippen LogP contribution in [0.25, 0.3) is 0 Å². The molecule has 0 unspecified atom stereocenters. The minimum absolute atomic E-state index is 0. The Kier molecular flexibility index (Phi) is 11.3. The van der Waals surface area contributed by atoms with Gasteiger partial charge in [-0.25, -0.2) is 9.98 Å². The zero-order chi connectivity index (χ0) is 21.9. The lowest BCUT2D eigenvalue weighted by Crippen LogP contribution is -2.46. The average Bonchev–Trinajstić information content (AvgIpc) is 2.82. The van der Waals surface area contributed by atoms with Crippen LogP contribution in [0.2, 0.25) is 0 Å². The third-order valence-electron chi connectivity index (χ3n) is 5.22. The van der Waals surface area contributed by atoms with Gasteiger partial charge in [-0.1, -0.05) is 36.4 Å². The van der Waals surface area contributed by atoms with Crippen LogP contribution in [0.5, 0.6) is 5.88 Å². The number of hydrogen-bond donors (Lipinski definition) is 1. The molecule has 0 amide bonds. The fourth-order valence-corrected chi connectivity index (χ4v) is 3.57. The number of piperidine rings is 1. The number of likely N-dealkylation sites (tertiary alicyclic amines) is 1. The number of ether oxygens (including phenoxy) is 2. The lowest BCUT2D eigenvalue weighted by atomic mass is 9.97. The van der Waals surface area contributed by atoms with E-state index < -0.39 is 0 Å². The number of pyridine rings is 1. The second-order valence-electron chi connectivity index (χ2n) is 7.43. The Labute approximate surface area is 207 Å². The van der Waals surface area contributed by atoms with Crippen LogP contribution < -0.4 is 10.1 Å². The summed E-state index contributed by atoms with van der Waals surface area (Å²) >= 11 is 0. The van der Waals surface area contributed by atoms with Crippen molar-refractivity contribution < 1.29 is 14.3 Å². The van der Waals surface area contributed by atoms with Gasteiger partial charge in [-0.3, -0.25) is 4.79 Å². The molecular formula is C24H33IN4O3. The number of hydrogen-bond acceptors (Lipinski definition) is 5. The van der Waals surface area contributed by atoms with Crippen LogP contribution in [-0.2, 0) is 22.7 Å². The van der Waals surface area contributed by atoms with Crippen molar-refractivity contribution in [2.75, 3.05) is 26.2 Å². The summed E-state index contributed by atoms with van der Waals surface area (Å²) in [6.45, 7) is 7.61. The van der Waals surface area contributed by atoms with Crippen molar-refractivity contribution in [1.82, 2.24) is 15.2 Å². The summed E-state index contributed by atoms with van der Waals surface area (Å²) in [6, 6.07) is 13.9. The second-order valence-corrected chi connectivity index (χ2v) is 7.43. The number of guanidine groups is 1. The second kappa shape index (κ2) is 13.9. The van der Waals surface area contributed by atoms with Gasteiger partial charge in [-0.2, -0.15) is 0 Å². The van der Waals surface area contributed by atoms with Crippen LogP contribution in [0.15, 0.2) is 53.7 Å². The Balaban J connectivity index is 0.00000363. The highest BCUT2D eigenvalue weighted by Gasteiger charge is 2.27. The molecule has 1 N–H and O–H groups in total. The number of rotatable bonds is 8. The number of aromatic nitrogens is 1. The molecule has 2 heterocycles. The number of esters is 1. The zero-order valence-electron chi connectivity index (χ0n) is 18.8. The maximum atomic E-state index is 12.0. The summed E-state index contributed by atoms with van der Waals surface area (Å²) in [4.78, 5) is 23.4. The number of halogens is 1. The summed E-state index contributed by atoms with van der Waals surface area (Å²) in [5.74, 6) is 1.35. The molecule has 0 radical (unpaired) electrons. The van der Waals surface area contributed by atoms with Crippen LogP contribution in [0.1, 0.15) is 37.8 Å². The molecule has 32 heavy (non-hydrogen) atoms. The van der Waals surface area contributed by atoms with E-state index in [1.54, 1.807) is 6.20 Å². The monoisotopic (exact) mass is 552 g/mol. The van der Waals surface area contributed by atoms with Gasteiger partial charge in [0.05, 0.1) is 19.1 Å². The predicted molar refractivity (Wildman–Crippen MR) is 136 cm³/mol. The Morgan fingerprint density at radius 2 is 1.91 bits per heavy atom. The van der Waals surface area contributed by atoms with E-state index in [4.69, 9.17) is 14.5 Å². The van der Waals surface area contributed by atoms with Crippen molar-refractivity contribution in [3.05, 3.63) is 59.8 Å². The molecule has 1 aliphatic heterocycles. The van der Waals surface area contributed by atoms with Gasteiger partial charge in [-0.05, 0) is 38.3 Å². The van der Waals surface area contributed by atoms with Crippen molar-refractivity contribution in [2.45, 2.75) is 39.8 Å². The number of nitrogens with one attached hydrogen (secondary N) is 1. The molecule has 1 aromatic carbocycles. The summed E-state index contributed by atoms with van der Waals surface area (Å²) < 4.78 is 11.1. The van der Waals surface area contributed by atoms with E-state index in [-0.39, 0.29) is 35.9 Å². The SMILES string of the molecule is CCNC(=NCc1cccnc1OCc1ccccc1)N1CCC(C(=O)OCC)CC1.I. The molecule has 0 bridgehead atoms. The molecule has 2 aromatic rings. The maximum Gasteiger partial charge on any atom is 0.309 e. The van der Waals surface area contributed by atoms with Gasteiger partial charge in [0.25, 0.3) is 0 Å². The summed E-state index contributed by atoms with van der Waals surface area (Å²) in [5, 5.41) is 3.37. The van der Waals surface area contributed by atoms with Gasteiger partial charge >= 0.3 is 5.97 Å². The highest BCUT2D eigenvalue weighted by molar-refractivity contribution is 14.0. The van der Waals surface area contributed by atoms with Crippen molar-refractivity contribution in [3.8, 4) is 5.88 Å². The van der Waals surface area contributed by atoms with Gasteiger partial charge < -0.3 is 19.7 Å². The van der Waals surface area contributed by atoms with Gasteiger partial charge in [0.15, 0.2) is 5.96 Å². The Morgan fingerprint density at radius 1 is 1.16 bits per heavy atom. The molecule has 0 aliphatic carbocycles. The van der Waals surface area contributed by atoms with Crippen LogP contribution >= 0.6 is 24.0 Å². The fraction of sp³-hybridized carbons (Fsp3) is 0.458. The summed E-state index contributed by atoms with van der Waals surface area (Å²) in [7, 11) is 0. The predicted octanol–water partition coefficient (Wildman–Crippen LogP) is 4.02. The van der Waals surface area contributed by atoms with Crippen LogP contribution in [0, 0.1) is 5.92 Å². The number of nitrogens with zero attached hydrogens (tertiary/aromatic N) is 3. The quantitative estimate of drug-likeness (QED) is 0.231. The Hall–Kier alpha value is -2.36. The summed E-state index contributed by atoms with van der Waals surface area (Å²) in [5.41, 5.74) is 2.04. The molecular weight excluding hydrogens is 519 g/mol. The van der Waals surface area contributed by atoms with E-state index in [1.807, 2.05) is 49.4 Å². The number of carbonyl (C=O) groups excluding carboxylic acids is 1. The molecule has 0 saturated carbocycles. The molecule has 174 valence electrons. The first-order chi connectivity index (χ1) is 15.2. The lowest BCUT2D eigenvalue weighted by molar-refractivity contribution is -0.149. The highest BCUT2D eigenvalue weighted by Crippen LogP contribution is 2.20. The smallest absolute Gasteiger partial charge is 0.309 e. The summed E-state index contributed by atoms with van der Waals surface area (Å²) in [6.07, 6.45) is 3.29. The average molecular weight is 552 g/mol. The lowest BCUT2D eigenvalue weighted by Gasteiger charge is -2.33. The first kappa shape index (κ1) is 25.9. The first-order valence-corrected chi connectivity index (χ1v) is 11.0. The normalized spacial score (nSPS) is 14.4. The van der Waals surface area contributed by atoms with Crippen molar-refractivity contribution in [1.29, 1.82) is 0 Å². The Bertz CT molecular complexity index is 855. The topological polar surface area (TPSA) is 76.1 Å². The number of aliphatic imine (C=N–C) groups is 1.